The van der Waals surface area contributed by atoms with E-state index in [0.717, 1.165) is 12.0 Å². The Hall–Kier alpha value is -1.73. The first-order valence-electron chi connectivity index (χ1n) is 5.82. The van der Waals surface area contributed by atoms with Gasteiger partial charge in [-0.25, -0.2) is 9.78 Å². The summed E-state index contributed by atoms with van der Waals surface area (Å²) in [4.78, 5) is 19.1. The van der Waals surface area contributed by atoms with Crippen molar-refractivity contribution in [3.63, 3.8) is 0 Å². The minimum Gasteiger partial charge on any atom is -0.396 e. The summed E-state index contributed by atoms with van der Waals surface area (Å²) in [5.41, 5.74) is 0.725. The third-order valence-electron chi connectivity index (χ3n) is 3.84. The summed E-state index contributed by atoms with van der Waals surface area (Å²) in [6.45, 7) is 0.114. The Bertz CT molecular complexity index is 634. The fourth-order valence-corrected chi connectivity index (χ4v) is 2.55. The molecule has 1 saturated carbocycles. The Balaban J connectivity index is 1.97. The molecule has 2 heterocycles. The lowest BCUT2D eigenvalue weighted by molar-refractivity contribution is 0.172. The molecule has 0 aromatic carbocycles. The summed E-state index contributed by atoms with van der Waals surface area (Å²) < 4.78 is 1.27. The smallest absolute Gasteiger partial charge is 0.369 e. The molecule has 1 fully saturated rings. The number of nitrogens with one attached hydrogen (secondary N) is 1. The van der Waals surface area contributed by atoms with Gasteiger partial charge in [0.2, 0.25) is 0 Å². The second-order valence-corrected chi connectivity index (χ2v) is 4.89. The molecule has 0 amide bonds. The molecule has 0 radical (unpaired) electrons. The molecule has 0 bridgehead atoms. The molecule has 0 saturated heterocycles. The highest BCUT2D eigenvalue weighted by atomic mass is 16.3. The van der Waals surface area contributed by atoms with E-state index in [2.05, 4.69) is 15.1 Å². The van der Waals surface area contributed by atoms with Crippen molar-refractivity contribution in [1.29, 1.82) is 0 Å². The molecule has 2 aromatic heterocycles. The molecule has 0 unspecified atom stereocenters. The number of aliphatic hydroxyl groups excluding tert-OH is 2. The van der Waals surface area contributed by atoms with Crippen molar-refractivity contribution < 1.29 is 10.2 Å². The Kier molecular flexibility index (Phi) is 2.46. The van der Waals surface area contributed by atoms with Gasteiger partial charge in [0.25, 0.3) is 0 Å². The standard InChI is InChI=1S/C11H14N4O3/c16-4-8-2-11(8,5-17)1-7-3-14-15-9(7)12-6-13-10(15)18/h3,6,8,14,16-17H,1-2,4-5H2/t8-,11-/m0/s1. The first-order valence-corrected chi connectivity index (χ1v) is 5.82. The maximum absolute atomic E-state index is 11.5. The van der Waals surface area contributed by atoms with Gasteiger partial charge in [0, 0.05) is 30.4 Å². The number of aliphatic hydroxyl groups is 2. The van der Waals surface area contributed by atoms with Crippen molar-refractivity contribution in [3.05, 3.63) is 28.6 Å². The van der Waals surface area contributed by atoms with Gasteiger partial charge in [0.15, 0.2) is 5.65 Å². The quantitative estimate of drug-likeness (QED) is 0.642. The minimum atomic E-state index is -0.404. The molecular weight excluding hydrogens is 236 g/mol. The van der Waals surface area contributed by atoms with Gasteiger partial charge in [-0.1, -0.05) is 0 Å². The largest absolute Gasteiger partial charge is 0.396 e. The molecule has 2 atom stereocenters. The van der Waals surface area contributed by atoms with E-state index >= 15 is 0 Å². The van der Waals surface area contributed by atoms with Gasteiger partial charge in [-0.3, -0.25) is 5.10 Å². The zero-order chi connectivity index (χ0) is 12.8. The predicted octanol–water partition coefficient (Wildman–Crippen LogP) is -1.05. The summed E-state index contributed by atoms with van der Waals surface area (Å²) in [7, 11) is 0. The van der Waals surface area contributed by atoms with E-state index in [4.69, 9.17) is 5.11 Å². The van der Waals surface area contributed by atoms with Crippen LogP contribution in [0.25, 0.3) is 5.65 Å². The fourth-order valence-electron chi connectivity index (χ4n) is 2.55. The Morgan fingerprint density at radius 2 is 2.33 bits per heavy atom. The van der Waals surface area contributed by atoms with E-state index in [1.165, 1.54) is 10.8 Å². The molecule has 18 heavy (non-hydrogen) atoms. The van der Waals surface area contributed by atoms with Crippen molar-refractivity contribution >= 4 is 5.65 Å². The minimum absolute atomic E-state index is 0.0326. The van der Waals surface area contributed by atoms with Crippen LogP contribution in [0, 0.1) is 11.3 Å². The maximum atomic E-state index is 11.5. The first-order chi connectivity index (χ1) is 8.70. The van der Waals surface area contributed by atoms with Crippen LogP contribution in [-0.4, -0.2) is 43.0 Å². The summed E-state index contributed by atoms with van der Waals surface area (Å²) in [5.74, 6) is 0.131. The number of H-pyrrole nitrogens is 1. The van der Waals surface area contributed by atoms with Gasteiger partial charge < -0.3 is 10.2 Å². The average molecular weight is 250 g/mol. The Labute approximate surface area is 102 Å². The SMILES string of the molecule is O=c1ncnc2c(C[C@@]3(CO)C[C@H]3CO)c[nH]n12. The molecule has 3 rings (SSSR count). The molecule has 7 nitrogen and oxygen atoms in total. The van der Waals surface area contributed by atoms with Crippen LogP contribution in [0.3, 0.4) is 0 Å². The normalized spacial score (nSPS) is 26.7. The summed E-state index contributed by atoms with van der Waals surface area (Å²) >= 11 is 0. The van der Waals surface area contributed by atoms with Crippen molar-refractivity contribution in [3.8, 4) is 0 Å². The van der Waals surface area contributed by atoms with Crippen LogP contribution in [0.1, 0.15) is 12.0 Å². The average Bonchev–Trinajstić information content (AvgIpc) is 2.94. The molecule has 1 aliphatic rings. The molecule has 7 heteroatoms. The van der Waals surface area contributed by atoms with Crippen LogP contribution >= 0.6 is 0 Å². The fraction of sp³-hybridized carbons (Fsp3) is 0.545. The van der Waals surface area contributed by atoms with E-state index in [9.17, 15) is 9.90 Å². The van der Waals surface area contributed by atoms with Gasteiger partial charge in [-0.05, 0) is 18.8 Å². The van der Waals surface area contributed by atoms with Gasteiger partial charge >= 0.3 is 5.69 Å². The van der Waals surface area contributed by atoms with Crippen molar-refractivity contribution in [2.45, 2.75) is 12.8 Å². The number of nitrogens with zero attached hydrogens (tertiary/aromatic N) is 3. The summed E-state index contributed by atoms with van der Waals surface area (Å²) in [6.07, 6.45) is 4.33. The molecule has 3 N–H and O–H groups in total. The Morgan fingerprint density at radius 3 is 3.00 bits per heavy atom. The van der Waals surface area contributed by atoms with E-state index < -0.39 is 5.69 Å². The molecule has 0 spiro atoms. The van der Waals surface area contributed by atoms with Gasteiger partial charge in [-0.2, -0.15) is 9.50 Å². The van der Waals surface area contributed by atoms with Crippen LogP contribution in [0.15, 0.2) is 17.3 Å². The predicted molar refractivity (Wildman–Crippen MR) is 62.0 cm³/mol. The third kappa shape index (κ3) is 1.55. The third-order valence-corrected chi connectivity index (χ3v) is 3.84. The highest BCUT2D eigenvalue weighted by molar-refractivity contribution is 5.46. The number of aromatic amines is 1. The Morgan fingerprint density at radius 1 is 1.50 bits per heavy atom. The second-order valence-electron chi connectivity index (χ2n) is 4.89. The zero-order valence-electron chi connectivity index (χ0n) is 9.70. The lowest BCUT2D eigenvalue weighted by Crippen LogP contribution is -2.18. The monoisotopic (exact) mass is 250 g/mol. The molecular formula is C11H14N4O3. The molecule has 0 aliphatic heterocycles. The number of aromatic nitrogens is 4. The van der Waals surface area contributed by atoms with Gasteiger partial charge in [0.05, 0.1) is 0 Å². The maximum Gasteiger partial charge on any atom is 0.369 e. The lowest BCUT2D eigenvalue weighted by Gasteiger charge is -2.12. The van der Waals surface area contributed by atoms with Crippen molar-refractivity contribution in [1.82, 2.24) is 19.6 Å². The topological polar surface area (TPSA) is 104 Å². The van der Waals surface area contributed by atoms with Crippen LogP contribution in [0.4, 0.5) is 0 Å². The number of hydrogen-bond donors (Lipinski definition) is 3. The van der Waals surface area contributed by atoms with Crippen molar-refractivity contribution in [2.75, 3.05) is 13.2 Å². The van der Waals surface area contributed by atoms with Crippen LogP contribution < -0.4 is 5.69 Å². The molecule has 1 aliphatic carbocycles. The first kappa shape index (κ1) is 11.4. The number of fused-ring (bicyclic) bond motifs is 1. The highest BCUT2D eigenvalue weighted by Crippen LogP contribution is 2.54. The van der Waals surface area contributed by atoms with Gasteiger partial charge in [-0.15, -0.1) is 0 Å². The highest BCUT2D eigenvalue weighted by Gasteiger charge is 2.53. The zero-order valence-corrected chi connectivity index (χ0v) is 9.70. The summed E-state index contributed by atoms with van der Waals surface area (Å²) in [5, 5.41) is 21.4. The molecule has 96 valence electrons. The summed E-state index contributed by atoms with van der Waals surface area (Å²) in [6, 6.07) is 0. The van der Waals surface area contributed by atoms with Crippen LogP contribution in [-0.2, 0) is 6.42 Å². The van der Waals surface area contributed by atoms with E-state index in [0.29, 0.717) is 12.1 Å². The number of rotatable bonds is 4. The van der Waals surface area contributed by atoms with Gasteiger partial charge in [0.1, 0.15) is 6.33 Å². The lowest BCUT2D eigenvalue weighted by atomic mass is 9.96. The van der Waals surface area contributed by atoms with E-state index in [-0.39, 0.29) is 24.5 Å². The van der Waals surface area contributed by atoms with E-state index in [1.807, 2.05) is 0 Å². The molecule has 2 aromatic rings. The second kappa shape index (κ2) is 3.89. The van der Waals surface area contributed by atoms with Crippen LogP contribution in [0.5, 0.6) is 0 Å². The van der Waals surface area contributed by atoms with Crippen LogP contribution in [0.2, 0.25) is 0 Å². The van der Waals surface area contributed by atoms with E-state index in [1.54, 1.807) is 6.20 Å². The van der Waals surface area contributed by atoms with Crippen molar-refractivity contribution in [2.24, 2.45) is 11.3 Å². The number of hydrogen-bond acceptors (Lipinski definition) is 5.